The van der Waals surface area contributed by atoms with E-state index in [2.05, 4.69) is 15.3 Å². The Bertz CT molecular complexity index is 546. The highest BCUT2D eigenvalue weighted by molar-refractivity contribution is 5.61. The number of hydrogen-bond acceptors (Lipinski definition) is 4. The molecule has 1 N–H and O–H groups in total. The van der Waals surface area contributed by atoms with Gasteiger partial charge in [0.05, 0.1) is 25.2 Å². The van der Waals surface area contributed by atoms with Crippen molar-refractivity contribution in [3.05, 3.63) is 36.4 Å². The number of benzene rings is 1. The van der Waals surface area contributed by atoms with Crippen LogP contribution in [0, 0.1) is 5.82 Å². The predicted molar refractivity (Wildman–Crippen MR) is 68.1 cm³/mol. The van der Waals surface area contributed by atoms with Crippen molar-refractivity contribution in [1.29, 1.82) is 0 Å². The molecule has 0 aliphatic rings. The van der Waals surface area contributed by atoms with Crippen LogP contribution in [0.15, 0.2) is 30.6 Å². The highest BCUT2D eigenvalue weighted by atomic mass is 19.1. The van der Waals surface area contributed by atoms with Gasteiger partial charge >= 0.3 is 0 Å². The van der Waals surface area contributed by atoms with Gasteiger partial charge in [0.1, 0.15) is 17.4 Å². The molecule has 0 saturated heterocycles. The topological polar surface area (TPSA) is 47.0 Å². The Balaban J connectivity index is 2.38. The van der Waals surface area contributed by atoms with Gasteiger partial charge in [0.15, 0.2) is 0 Å². The van der Waals surface area contributed by atoms with Crippen LogP contribution in [0.25, 0.3) is 11.3 Å². The van der Waals surface area contributed by atoms with E-state index in [0.717, 1.165) is 6.54 Å². The van der Waals surface area contributed by atoms with E-state index in [1.807, 2.05) is 6.92 Å². The third-order valence-corrected chi connectivity index (χ3v) is 2.44. The van der Waals surface area contributed by atoms with Crippen molar-refractivity contribution < 1.29 is 9.13 Å². The zero-order valence-corrected chi connectivity index (χ0v) is 10.3. The average Bonchev–Trinajstić information content (AvgIpc) is 2.39. The fourth-order valence-corrected chi connectivity index (χ4v) is 1.59. The summed E-state index contributed by atoms with van der Waals surface area (Å²) in [5, 5.41) is 3.04. The Kier molecular flexibility index (Phi) is 3.72. The Morgan fingerprint density at radius 1 is 1.33 bits per heavy atom. The second-order valence-corrected chi connectivity index (χ2v) is 3.67. The summed E-state index contributed by atoms with van der Waals surface area (Å²) < 4.78 is 18.8. The fourth-order valence-electron chi connectivity index (χ4n) is 1.59. The van der Waals surface area contributed by atoms with Crippen LogP contribution in [-0.2, 0) is 0 Å². The van der Waals surface area contributed by atoms with Gasteiger partial charge in [-0.3, -0.25) is 4.98 Å². The van der Waals surface area contributed by atoms with Gasteiger partial charge in [0.2, 0.25) is 0 Å². The first kappa shape index (κ1) is 12.3. The first-order valence-corrected chi connectivity index (χ1v) is 5.64. The van der Waals surface area contributed by atoms with E-state index >= 15 is 0 Å². The summed E-state index contributed by atoms with van der Waals surface area (Å²) in [7, 11) is 1.50. The second-order valence-electron chi connectivity index (χ2n) is 3.67. The molecule has 0 atom stereocenters. The van der Waals surface area contributed by atoms with Gasteiger partial charge in [-0.15, -0.1) is 0 Å². The third kappa shape index (κ3) is 2.56. The van der Waals surface area contributed by atoms with Crippen molar-refractivity contribution in [1.82, 2.24) is 9.97 Å². The van der Waals surface area contributed by atoms with E-state index in [9.17, 15) is 4.39 Å². The molecule has 0 unspecified atom stereocenters. The lowest BCUT2D eigenvalue weighted by Gasteiger charge is -2.07. The minimum Gasteiger partial charge on any atom is -0.497 e. The number of methoxy groups -OCH3 is 1. The van der Waals surface area contributed by atoms with Gasteiger partial charge in [0.25, 0.3) is 0 Å². The van der Waals surface area contributed by atoms with Gasteiger partial charge < -0.3 is 10.1 Å². The molecule has 5 heteroatoms. The smallest absolute Gasteiger partial charge is 0.145 e. The Hall–Kier alpha value is -2.17. The van der Waals surface area contributed by atoms with Crippen molar-refractivity contribution in [3.63, 3.8) is 0 Å². The first-order chi connectivity index (χ1) is 8.74. The lowest BCUT2D eigenvalue weighted by Crippen LogP contribution is -2.01. The largest absolute Gasteiger partial charge is 0.497 e. The van der Waals surface area contributed by atoms with Crippen molar-refractivity contribution in [2.75, 3.05) is 19.0 Å². The molecule has 2 aromatic rings. The molecule has 0 saturated carbocycles. The summed E-state index contributed by atoms with van der Waals surface area (Å²) in [6.45, 7) is 2.70. The lowest BCUT2D eigenvalue weighted by atomic mass is 10.1. The molecule has 0 aliphatic heterocycles. The summed E-state index contributed by atoms with van der Waals surface area (Å²) in [4.78, 5) is 8.34. The normalized spacial score (nSPS) is 10.2. The first-order valence-electron chi connectivity index (χ1n) is 5.64. The molecule has 0 radical (unpaired) electrons. The summed E-state index contributed by atoms with van der Waals surface area (Å²) in [5.41, 5.74) is 0.900. The maximum atomic E-state index is 13.9. The van der Waals surface area contributed by atoms with Crippen LogP contribution in [0.4, 0.5) is 10.2 Å². The maximum absolute atomic E-state index is 13.9. The highest BCUT2D eigenvalue weighted by Crippen LogP contribution is 2.24. The van der Waals surface area contributed by atoms with Crippen molar-refractivity contribution in [2.45, 2.75) is 6.92 Å². The van der Waals surface area contributed by atoms with E-state index in [1.54, 1.807) is 18.3 Å². The van der Waals surface area contributed by atoms with Gasteiger partial charge in [-0.05, 0) is 19.1 Å². The number of ether oxygens (including phenoxy) is 1. The predicted octanol–water partition coefficient (Wildman–Crippen LogP) is 2.72. The molecule has 4 nitrogen and oxygen atoms in total. The number of halogens is 1. The average molecular weight is 247 g/mol. The molecular formula is C13H14FN3O. The molecule has 0 spiro atoms. The summed E-state index contributed by atoms with van der Waals surface area (Å²) >= 11 is 0. The molecule has 18 heavy (non-hydrogen) atoms. The van der Waals surface area contributed by atoms with E-state index in [0.29, 0.717) is 22.8 Å². The van der Waals surface area contributed by atoms with Crippen molar-refractivity contribution in [2.24, 2.45) is 0 Å². The van der Waals surface area contributed by atoms with Gasteiger partial charge in [0, 0.05) is 18.2 Å². The van der Waals surface area contributed by atoms with Gasteiger partial charge in [-0.25, -0.2) is 9.37 Å². The number of rotatable bonds is 4. The molecule has 0 bridgehead atoms. The molecule has 0 amide bonds. The number of aromatic nitrogens is 2. The standard InChI is InChI=1S/C13H14FN3O/c1-3-16-13-8-15-7-12(17-13)10-5-4-9(18-2)6-11(10)14/h4-8H,3H2,1-2H3,(H,16,17). The quantitative estimate of drug-likeness (QED) is 0.902. The monoisotopic (exact) mass is 247 g/mol. The van der Waals surface area contributed by atoms with E-state index in [4.69, 9.17) is 4.74 Å². The molecule has 1 heterocycles. The van der Waals surface area contributed by atoms with E-state index in [-0.39, 0.29) is 5.82 Å². The van der Waals surface area contributed by atoms with Crippen molar-refractivity contribution >= 4 is 5.82 Å². The Labute approximate surface area is 105 Å². The van der Waals surface area contributed by atoms with Gasteiger partial charge in [-0.2, -0.15) is 0 Å². The zero-order chi connectivity index (χ0) is 13.0. The SMILES string of the molecule is CCNc1cncc(-c2ccc(OC)cc2F)n1. The minimum atomic E-state index is -0.378. The van der Waals surface area contributed by atoms with Crippen molar-refractivity contribution in [3.8, 4) is 17.0 Å². The zero-order valence-electron chi connectivity index (χ0n) is 10.3. The fraction of sp³-hybridized carbons (Fsp3) is 0.231. The maximum Gasteiger partial charge on any atom is 0.145 e. The summed E-state index contributed by atoms with van der Waals surface area (Å²) in [5.74, 6) is 0.731. The molecule has 1 aromatic heterocycles. The van der Waals surface area contributed by atoms with Crippen LogP contribution < -0.4 is 10.1 Å². The summed E-state index contributed by atoms with van der Waals surface area (Å²) in [6.07, 6.45) is 3.14. The molecule has 1 aromatic carbocycles. The van der Waals surface area contributed by atoms with Crippen LogP contribution in [0.5, 0.6) is 5.75 Å². The number of hydrogen-bond donors (Lipinski definition) is 1. The molecule has 94 valence electrons. The number of nitrogens with zero attached hydrogens (tertiary/aromatic N) is 2. The van der Waals surface area contributed by atoms with Crippen LogP contribution in [0.3, 0.4) is 0 Å². The van der Waals surface area contributed by atoms with Crippen LogP contribution in [-0.4, -0.2) is 23.6 Å². The highest BCUT2D eigenvalue weighted by Gasteiger charge is 2.08. The minimum absolute atomic E-state index is 0.378. The number of anilines is 1. The summed E-state index contributed by atoms with van der Waals surface area (Å²) in [6, 6.07) is 4.66. The van der Waals surface area contributed by atoms with Gasteiger partial charge in [-0.1, -0.05) is 0 Å². The lowest BCUT2D eigenvalue weighted by molar-refractivity contribution is 0.411. The molecule has 2 rings (SSSR count). The Morgan fingerprint density at radius 3 is 2.83 bits per heavy atom. The van der Waals surface area contributed by atoms with Crippen LogP contribution >= 0.6 is 0 Å². The van der Waals surface area contributed by atoms with Crippen LogP contribution in [0.2, 0.25) is 0 Å². The second kappa shape index (κ2) is 5.44. The Morgan fingerprint density at radius 2 is 2.17 bits per heavy atom. The molecule has 0 fully saturated rings. The third-order valence-electron chi connectivity index (χ3n) is 2.44. The number of nitrogens with one attached hydrogen (secondary N) is 1. The van der Waals surface area contributed by atoms with Crippen LogP contribution in [0.1, 0.15) is 6.92 Å². The molecular weight excluding hydrogens is 233 g/mol. The van der Waals surface area contributed by atoms with E-state index in [1.165, 1.54) is 19.4 Å². The van der Waals surface area contributed by atoms with E-state index < -0.39 is 0 Å². The molecule has 0 aliphatic carbocycles.